The Bertz CT molecular complexity index is 563. The lowest BCUT2D eigenvalue weighted by molar-refractivity contribution is 0.0945. The Morgan fingerprint density at radius 1 is 1.18 bits per heavy atom. The van der Waals surface area contributed by atoms with Gasteiger partial charge < -0.3 is 4.74 Å². The molecule has 22 heavy (non-hydrogen) atoms. The standard InChI is InChI=1S/C16H23N5O/c1-2-10-21-16(17-18-19-21)13-20-11-8-15(9-12-20)22-14-6-4-3-5-7-14/h3-7,15H,2,8-13H2,1H3. The highest BCUT2D eigenvalue weighted by atomic mass is 16.5. The second kappa shape index (κ2) is 7.35. The minimum absolute atomic E-state index is 0.310. The molecule has 2 heterocycles. The third-order valence-corrected chi connectivity index (χ3v) is 3.99. The van der Waals surface area contributed by atoms with E-state index in [1.165, 1.54) is 0 Å². The number of para-hydroxylation sites is 1. The fourth-order valence-corrected chi connectivity index (χ4v) is 2.80. The van der Waals surface area contributed by atoms with E-state index >= 15 is 0 Å². The number of nitrogens with zero attached hydrogens (tertiary/aromatic N) is 5. The van der Waals surface area contributed by atoms with Crippen LogP contribution in [0.2, 0.25) is 0 Å². The first-order chi connectivity index (χ1) is 10.8. The van der Waals surface area contributed by atoms with Gasteiger partial charge in [0.25, 0.3) is 0 Å². The molecule has 0 radical (unpaired) electrons. The number of tetrazole rings is 1. The number of hydrogen-bond donors (Lipinski definition) is 0. The van der Waals surface area contributed by atoms with Crippen LogP contribution < -0.4 is 4.74 Å². The van der Waals surface area contributed by atoms with E-state index in [9.17, 15) is 0 Å². The minimum atomic E-state index is 0.310. The Morgan fingerprint density at radius 3 is 2.68 bits per heavy atom. The van der Waals surface area contributed by atoms with E-state index < -0.39 is 0 Å². The summed E-state index contributed by atoms with van der Waals surface area (Å²) in [6, 6.07) is 10.1. The summed E-state index contributed by atoms with van der Waals surface area (Å²) in [5, 5.41) is 12.0. The fraction of sp³-hybridized carbons (Fsp3) is 0.562. The second-order valence-corrected chi connectivity index (χ2v) is 5.72. The van der Waals surface area contributed by atoms with E-state index in [0.717, 1.165) is 57.0 Å². The Kier molecular flexibility index (Phi) is 5.00. The predicted octanol–water partition coefficient (Wildman–Crippen LogP) is 2.13. The molecule has 2 aromatic rings. The number of aromatic nitrogens is 4. The van der Waals surface area contributed by atoms with Gasteiger partial charge in [-0.3, -0.25) is 4.90 Å². The Balaban J connectivity index is 1.48. The van der Waals surface area contributed by atoms with Crippen molar-refractivity contribution in [1.29, 1.82) is 0 Å². The Hall–Kier alpha value is -1.95. The zero-order valence-corrected chi connectivity index (χ0v) is 13.1. The van der Waals surface area contributed by atoms with Crippen molar-refractivity contribution in [2.75, 3.05) is 13.1 Å². The highest BCUT2D eigenvalue weighted by Gasteiger charge is 2.22. The smallest absolute Gasteiger partial charge is 0.165 e. The van der Waals surface area contributed by atoms with Gasteiger partial charge in [-0.15, -0.1) is 5.10 Å². The SMILES string of the molecule is CCCn1nnnc1CN1CCC(Oc2ccccc2)CC1. The van der Waals surface area contributed by atoms with Gasteiger partial charge in [0.05, 0.1) is 6.54 Å². The summed E-state index contributed by atoms with van der Waals surface area (Å²) in [6.07, 6.45) is 3.45. The average molecular weight is 301 g/mol. The van der Waals surface area contributed by atoms with Crippen molar-refractivity contribution >= 4 is 0 Å². The molecule has 118 valence electrons. The van der Waals surface area contributed by atoms with Crippen molar-refractivity contribution < 1.29 is 4.74 Å². The second-order valence-electron chi connectivity index (χ2n) is 5.72. The Morgan fingerprint density at radius 2 is 1.95 bits per heavy atom. The molecule has 0 atom stereocenters. The quantitative estimate of drug-likeness (QED) is 0.818. The lowest BCUT2D eigenvalue weighted by atomic mass is 10.1. The molecular formula is C16H23N5O. The first-order valence-corrected chi connectivity index (χ1v) is 8.04. The van der Waals surface area contributed by atoms with E-state index in [2.05, 4.69) is 27.3 Å². The van der Waals surface area contributed by atoms with Gasteiger partial charge in [-0.05, 0) is 41.8 Å². The summed E-state index contributed by atoms with van der Waals surface area (Å²) in [7, 11) is 0. The van der Waals surface area contributed by atoms with Gasteiger partial charge in [0.2, 0.25) is 0 Å². The van der Waals surface area contributed by atoms with Gasteiger partial charge in [0, 0.05) is 19.6 Å². The number of likely N-dealkylation sites (tertiary alicyclic amines) is 1. The summed E-state index contributed by atoms with van der Waals surface area (Å²) < 4.78 is 7.94. The van der Waals surface area contributed by atoms with Crippen molar-refractivity contribution in [3.8, 4) is 5.75 Å². The van der Waals surface area contributed by atoms with Crippen molar-refractivity contribution in [2.24, 2.45) is 0 Å². The zero-order chi connectivity index (χ0) is 15.2. The average Bonchev–Trinajstić information content (AvgIpc) is 2.98. The number of ether oxygens (including phenoxy) is 1. The Labute approximate surface area is 131 Å². The first-order valence-electron chi connectivity index (χ1n) is 8.04. The molecule has 0 bridgehead atoms. The molecule has 0 aliphatic carbocycles. The molecule has 0 spiro atoms. The highest BCUT2D eigenvalue weighted by molar-refractivity contribution is 5.21. The van der Waals surface area contributed by atoms with Crippen LogP contribution >= 0.6 is 0 Å². The fourth-order valence-electron chi connectivity index (χ4n) is 2.80. The highest BCUT2D eigenvalue weighted by Crippen LogP contribution is 2.19. The maximum atomic E-state index is 6.03. The topological polar surface area (TPSA) is 56.1 Å². The normalized spacial score (nSPS) is 16.8. The first kappa shape index (κ1) is 15.0. The minimum Gasteiger partial charge on any atom is -0.490 e. The monoisotopic (exact) mass is 301 g/mol. The van der Waals surface area contributed by atoms with E-state index in [1.54, 1.807) is 0 Å². The summed E-state index contributed by atoms with van der Waals surface area (Å²) in [5.74, 6) is 1.93. The van der Waals surface area contributed by atoms with Crippen LogP contribution in [0.1, 0.15) is 32.0 Å². The number of piperidine rings is 1. The van der Waals surface area contributed by atoms with Crippen LogP contribution in [0.3, 0.4) is 0 Å². The molecule has 0 saturated carbocycles. The third-order valence-electron chi connectivity index (χ3n) is 3.99. The molecule has 1 fully saturated rings. The van der Waals surface area contributed by atoms with E-state index in [0.29, 0.717) is 6.10 Å². The van der Waals surface area contributed by atoms with Crippen LogP contribution in [0.25, 0.3) is 0 Å². The zero-order valence-electron chi connectivity index (χ0n) is 13.1. The predicted molar refractivity (Wildman–Crippen MR) is 83.5 cm³/mol. The van der Waals surface area contributed by atoms with Gasteiger partial charge in [-0.25, -0.2) is 4.68 Å². The number of benzene rings is 1. The summed E-state index contributed by atoms with van der Waals surface area (Å²) in [4.78, 5) is 2.41. The molecule has 1 aromatic heterocycles. The molecule has 6 heteroatoms. The summed E-state index contributed by atoms with van der Waals surface area (Å²) in [5.41, 5.74) is 0. The van der Waals surface area contributed by atoms with Crippen LogP contribution in [-0.4, -0.2) is 44.3 Å². The molecular weight excluding hydrogens is 278 g/mol. The lowest BCUT2D eigenvalue weighted by Gasteiger charge is -2.31. The maximum absolute atomic E-state index is 6.03. The van der Waals surface area contributed by atoms with Gasteiger partial charge in [-0.1, -0.05) is 25.1 Å². The van der Waals surface area contributed by atoms with Gasteiger partial charge in [0.15, 0.2) is 5.82 Å². The molecule has 1 aliphatic heterocycles. The van der Waals surface area contributed by atoms with Crippen LogP contribution in [0.4, 0.5) is 0 Å². The number of rotatable bonds is 6. The van der Waals surface area contributed by atoms with E-state index in [-0.39, 0.29) is 0 Å². The molecule has 1 aliphatic rings. The van der Waals surface area contributed by atoms with Gasteiger partial charge in [0.1, 0.15) is 11.9 Å². The number of aryl methyl sites for hydroxylation is 1. The van der Waals surface area contributed by atoms with Crippen LogP contribution in [0, 0.1) is 0 Å². The van der Waals surface area contributed by atoms with Crippen LogP contribution in [0.5, 0.6) is 5.75 Å². The number of hydrogen-bond acceptors (Lipinski definition) is 5. The van der Waals surface area contributed by atoms with Gasteiger partial charge in [-0.2, -0.15) is 0 Å². The van der Waals surface area contributed by atoms with Gasteiger partial charge >= 0.3 is 0 Å². The molecule has 1 saturated heterocycles. The molecule has 1 aromatic carbocycles. The maximum Gasteiger partial charge on any atom is 0.165 e. The molecule has 0 amide bonds. The van der Waals surface area contributed by atoms with Crippen molar-refractivity contribution in [3.63, 3.8) is 0 Å². The van der Waals surface area contributed by atoms with Crippen molar-refractivity contribution in [2.45, 2.75) is 45.4 Å². The summed E-state index contributed by atoms with van der Waals surface area (Å²) in [6.45, 7) is 5.89. The van der Waals surface area contributed by atoms with E-state index in [1.807, 2.05) is 35.0 Å². The lowest BCUT2D eigenvalue weighted by Crippen LogP contribution is -2.38. The van der Waals surface area contributed by atoms with Crippen molar-refractivity contribution in [1.82, 2.24) is 25.1 Å². The van der Waals surface area contributed by atoms with E-state index in [4.69, 9.17) is 4.74 Å². The van der Waals surface area contributed by atoms with Crippen LogP contribution in [-0.2, 0) is 13.1 Å². The molecule has 3 rings (SSSR count). The molecule has 6 nitrogen and oxygen atoms in total. The largest absolute Gasteiger partial charge is 0.490 e. The van der Waals surface area contributed by atoms with Crippen molar-refractivity contribution in [3.05, 3.63) is 36.2 Å². The molecule has 0 unspecified atom stereocenters. The summed E-state index contributed by atoms with van der Waals surface area (Å²) >= 11 is 0. The van der Waals surface area contributed by atoms with Crippen LogP contribution in [0.15, 0.2) is 30.3 Å². The molecule has 0 N–H and O–H groups in total. The third kappa shape index (κ3) is 3.82.